The number of rotatable bonds is 6. The summed E-state index contributed by atoms with van der Waals surface area (Å²) in [5, 5.41) is 4.38. The second kappa shape index (κ2) is 9.78. The van der Waals surface area contributed by atoms with Crippen LogP contribution in [0.15, 0.2) is 58.4 Å². The van der Waals surface area contributed by atoms with Crippen molar-refractivity contribution in [3.63, 3.8) is 0 Å². The fourth-order valence-corrected chi connectivity index (χ4v) is 10.5. The third-order valence-electron chi connectivity index (χ3n) is 8.98. The Morgan fingerprint density at radius 1 is 1.05 bits per heavy atom. The number of hydrogen-bond acceptors (Lipinski definition) is 7. The Balaban J connectivity index is 1.14. The van der Waals surface area contributed by atoms with E-state index < -0.39 is 0 Å². The molecule has 2 aliphatic carbocycles. The maximum Gasteiger partial charge on any atom is 0.305 e. The van der Waals surface area contributed by atoms with E-state index in [1.165, 1.54) is 16.2 Å². The first-order valence-electron chi connectivity index (χ1n) is 13.3. The summed E-state index contributed by atoms with van der Waals surface area (Å²) in [4.78, 5) is 57.6. The van der Waals surface area contributed by atoms with E-state index in [-0.39, 0.29) is 76.3 Å². The van der Waals surface area contributed by atoms with Gasteiger partial charge in [-0.3, -0.25) is 24.1 Å². The molecule has 11 heteroatoms. The molecule has 1 saturated heterocycles. The first kappa shape index (κ1) is 25.9. The number of carbonyl (C=O) groups is 3. The number of amides is 3. The normalized spacial score (nSPS) is 29.8. The summed E-state index contributed by atoms with van der Waals surface area (Å²) < 4.78 is 5.36. The molecule has 2 aliphatic heterocycles. The Morgan fingerprint density at radius 3 is 2.45 bits per heavy atom. The van der Waals surface area contributed by atoms with Crippen LogP contribution in [-0.2, 0) is 14.4 Å². The molecule has 2 bridgehead atoms. The van der Waals surface area contributed by atoms with Crippen LogP contribution >= 0.6 is 34.7 Å². The van der Waals surface area contributed by atoms with Crippen molar-refractivity contribution < 1.29 is 19.1 Å². The lowest BCUT2D eigenvalue weighted by atomic mass is 9.68. The van der Waals surface area contributed by atoms with E-state index >= 15 is 0 Å². The fourth-order valence-electron chi connectivity index (χ4n) is 7.45. The molecule has 7 atom stereocenters. The van der Waals surface area contributed by atoms with Gasteiger partial charge in [-0.2, -0.15) is 0 Å². The number of ether oxygens (including phenoxy) is 1. The van der Waals surface area contributed by atoms with Crippen LogP contribution in [0, 0.1) is 29.6 Å². The van der Waals surface area contributed by atoms with E-state index in [0.29, 0.717) is 10.7 Å². The number of aromatic nitrogens is 1. The van der Waals surface area contributed by atoms with Gasteiger partial charge in [-0.25, -0.2) is 0 Å². The van der Waals surface area contributed by atoms with Gasteiger partial charge in [-0.05, 0) is 66.1 Å². The Hall–Kier alpha value is -3.08. The first-order valence-corrected chi connectivity index (χ1v) is 15.4. The molecule has 2 aromatic carbocycles. The number of nitrogens with one attached hydrogen (secondary N) is 2. The average Bonchev–Trinajstić information content (AvgIpc) is 3.68. The van der Waals surface area contributed by atoms with Gasteiger partial charge in [-0.1, -0.05) is 35.1 Å². The van der Waals surface area contributed by atoms with Crippen molar-refractivity contribution >= 4 is 58.1 Å². The van der Waals surface area contributed by atoms with Gasteiger partial charge in [0.1, 0.15) is 5.75 Å². The standard InChI is InChI=1S/C29H26ClN3O5S2/c1-38-16-8-2-13(3-9-16)20-21-17-12-18(24(21)39-26-25(20)40-29(37)32-26)23-22(17)27(35)33(28(23)36)11-10-19(34)31-15-6-4-14(30)5-7-15/h2-9,17-18,20-24H,10-12H2,1H3,(H,31,34)(H,32,37). The number of halogens is 1. The van der Waals surface area contributed by atoms with Gasteiger partial charge < -0.3 is 15.0 Å². The van der Waals surface area contributed by atoms with E-state index in [1.54, 1.807) is 43.1 Å². The first-order chi connectivity index (χ1) is 19.3. The Kier molecular flexibility index (Phi) is 6.32. The van der Waals surface area contributed by atoms with Crippen molar-refractivity contribution in [2.75, 3.05) is 19.0 Å². The predicted octanol–water partition coefficient (Wildman–Crippen LogP) is 4.60. The number of aromatic amines is 1. The SMILES string of the molecule is COc1ccc(C2c3sc(=O)[nH]c3SC3C4CC(C5C(=O)N(CCC(=O)Nc6ccc(Cl)cc6)C(=O)C45)C23)cc1. The van der Waals surface area contributed by atoms with E-state index in [2.05, 4.69) is 10.3 Å². The molecule has 7 unspecified atom stereocenters. The highest BCUT2D eigenvalue weighted by molar-refractivity contribution is 8.00. The minimum atomic E-state index is -0.378. The van der Waals surface area contributed by atoms with Gasteiger partial charge in [0.25, 0.3) is 0 Å². The Morgan fingerprint density at radius 2 is 1.75 bits per heavy atom. The van der Waals surface area contributed by atoms with Crippen LogP contribution < -0.4 is 14.9 Å². The second-order valence-corrected chi connectivity index (χ2v) is 13.5. The van der Waals surface area contributed by atoms with Gasteiger partial charge in [0.2, 0.25) is 17.7 Å². The number of thiazole rings is 1. The Bertz CT molecular complexity index is 1570. The second-order valence-electron chi connectivity index (χ2n) is 10.9. The summed E-state index contributed by atoms with van der Waals surface area (Å²) in [6, 6.07) is 14.7. The summed E-state index contributed by atoms with van der Waals surface area (Å²) in [6.07, 6.45) is 0.856. The molecule has 2 saturated carbocycles. The smallest absolute Gasteiger partial charge is 0.305 e. The van der Waals surface area contributed by atoms with Crippen LogP contribution in [0.2, 0.25) is 5.02 Å². The molecule has 3 aromatic rings. The highest BCUT2D eigenvalue weighted by Gasteiger charge is 2.69. The molecule has 3 heterocycles. The molecule has 0 spiro atoms. The monoisotopic (exact) mass is 595 g/mol. The fraction of sp³-hybridized carbons (Fsp3) is 0.379. The number of H-pyrrole nitrogens is 1. The quantitative estimate of drug-likeness (QED) is 0.403. The number of fused-ring (bicyclic) bond motifs is 9. The molecule has 2 N–H and O–H groups in total. The lowest BCUT2D eigenvalue weighted by molar-refractivity contribution is -0.141. The molecule has 3 fully saturated rings. The molecular formula is C29H26ClN3O5S2. The lowest BCUT2D eigenvalue weighted by Crippen LogP contribution is -2.42. The number of likely N-dealkylation sites (tertiary alicyclic amines) is 1. The maximum atomic E-state index is 13.7. The van der Waals surface area contributed by atoms with Crippen LogP contribution in [0.4, 0.5) is 5.69 Å². The molecule has 7 rings (SSSR count). The summed E-state index contributed by atoms with van der Waals surface area (Å²) in [5.41, 5.74) is 1.70. The topological polar surface area (TPSA) is 109 Å². The third-order valence-corrected chi connectivity index (χ3v) is 11.8. The van der Waals surface area contributed by atoms with E-state index in [9.17, 15) is 19.2 Å². The third kappa shape index (κ3) is 4.02. The van der Waals surface area contributed by atoms with Gasteiger partial charge in [0.15, 0.2) is 0 Å². The summed E-state index contributed by atoms with van der Waals surface area (Å²) in [7, 11) is 1.63. The molecule has 0 radical (unpaired) electrons. The van der Waals surface area contributed by atoms with Crippen molar-refractivity contribution in [1.29, 1.82) is 0 Å². The van der Waals surface area contributed by atoms with E-state index in [1.807, 2.05) is 24.3 Å². The molecule has 1 aromatic heterocycles. The molecular weight excluding hydrogens is 570 g/mol. The van der Waals surface area contributed by atoms with E-state index in [0.717, 1.165) is 27.6 Å². The number of hydrogen-bond donors (Lipinski definition) is 2. The van der Waals surface area contributed by atoms with Crippen LogP contribution in [0.25, 0.3) is 0 Å². The number of imide groups is 1. The van der Waals surface area contributed by atoms with Crippen LogP contribution in [0.1, 0.15) is 29.2 Å². The van der Waals surface area contributed by atoms with Crippen LogP contribution in [-0.4, -0.2) is 46.5 Å². The number of anilines is 1. The number of benzene rings is 2. The van der Waals surface area contributed by atoms with Crippen molar-refractivity contribution in [3.8, 4) is 5.75 Å². The van der Waals surface area contributed by atoms with Crippen LogP contribution in [0.3, 0.4) is 0 Å². The minimum absolute atomic E-state index is 0.0312. The summed E-state index contributed by atoms with van der Waals surface area (Å²) in [6.45, 7) is 0.0641. The largest absolute Gasteiger partial charge is 0.497 e. The van der Waals surface area contributed by atoms with Crippen molar-refractivity contribution in [3.05, 3.63) is 73.7 Å². The van der Waals surface area contributed by atoms with Gasteiger partial charge >= 0.3 is 4.87 Å². The Labute approximate surface area is 243 Å². The number of thioether (sulfide) groups is 1. The highest BCUT2D eigenvalue weighted by Crippen LogP contribution is 2.68. The van der Waals surface area contributed by atoms with Crippen molar-refractivity contribution in [2.45, 2.75) is 29.0 Å². The van der Waals surface area contributed by atoms with Crippen molar-refractivity contribution in [1.82, 2.24) is 9.88 Å². The maximum absolute atomic E-state index is 13.7. The lowest BCUT2D eigenvalue weighted by Gasteiger charge is -2.43. The van der Waals surface area contributed by atoms with Gasteiger partial charge in [0, 0.05) is 39.7 Å². The zero-order valence-electron chi connectivity index (χ0n) is 21.5. The number of carbonyl (C=O) groups excluding carboxylic acids is 3. The zero-order chi connectivity index (χ0) is 27.7. The number of nitrogens with zero attached hydrogens (tertiary/aromatic N) is 1. The molecule has 3 amide bonds. The molecule has 40 heavy (non-hydrogen) atoms. The summed E-state index contributed by atoms with van der Waals surface area (Å²) in [5.74, 6) is -0.388. The molecule has 4 aliphatic rings. The minimum Gasteiger partial charge on any atom is -0.497 e. The average molecular weight is 596 g/mol. The molecule has 206 valence electrons. The van der Waals surface area contributed by atoms with Gasteiger partial charge in [0.05, 0.1) is 24.0 Å². The van der Waals surface area contributed by atoms with Gasteiger partial charge in [-0.15, -0.1) is 11.8 Å². The van der Waals surface area contributed by atoms with Crippen LogP contribution in [0.5, 0.6) is 5.75 Å². The highest BCUT2D eigenvalue weighted by atomic mass is 35.5. The number of methoxy groups -OCH3 is 1. The van der Waals surface area contributed by atoms with Crippen molar-refractivity contribution in [2.24, 2.45) is 29.6 Å². The predicted molar refractivity (Wildman–Crippen MR) is 153 cm³/mol. The van der Waals surface area contributed by atoms with E-state index in [4.69, 9.17) is 16.3 Å². The summed E-state index contributed by atoms with van der Waals surface area (Å²) >= 11 is 8.82. The zero-order valence-corrected chi connectivity index (χ0v) is 23.9. The molecule has 8 nitrogen and oxygen atoms in total.